The maximum absolute atomic E-state index is 12.7. The number of nitrogens with one attached hydrogen (secondary N) is 1. The second-order valence-corrected chi connectivity index (χ2v) is 8.62. The van der Waals surface area contributed by atoms with Crippen LogP contribution in [0.2, 0.25) is 5.02 Å². The molecule has 1 amide bonds. The van der Waals surface area contributed by atoms with Gasteiger partial charge in [0.1, 0.15) is 0 Å². The topological polar surface area (TPSA) is 92.8 Å². The van der Waals surface area contributed by atoms with Gasteiger partial charge < -0.3 is 10.1 Å². The number of carbonyl (C=O) groups is 2. The van der Waals surface area contributed by atoms with Crippen LogP contribution in [0.3, 0.4) is 0 Å². The quantitative estimate of drug-likeness (QED) is 0.747. The predicted octanol–water partition coefficient (Wildman–Crippen LogP) is 3.16. The first kappa shape index (κ1) is 20.3. The van der Waals surface area contributed by atoms with E-state index in [2.05, 4.69) is 10.1 Å². The van der Waals surface area contributed by atoms with Gasteiger partial charge in [0.15, 0.2) is 0 Å². The van der Waals surface area contributed by atoms with Crippen LogP contribution in [0.15, 0.2) is 47.4 Å². The third-order valence-electron chi connectivity index (χ3n) is 4.45. The van der Waals surface area contributed by atoms with Gasteiger partial charge in [0.25, 0.3) is 5.91 Å². The minimum atomic E-state index is -3.66. The van der Waals surface area contributed by atoms with Crippen LogP contribution in [0.5, 0.6) is 0 Å². The summed E-state index contributed by atoms with van der Waals surface area (Å²) < 4.78 is 31.5. The standard InChI is InChI=1S/C19H19ClN2O5S/c1-27-19(24)13-4-6-14(7-5-13)21-18(23)16-12-15(8-9-17(16)20)28(25,26)22-10-2-3-11-22/h4-9,12H,2-3,10-11H2,1H3,(H,21,23). The molecule has 1 fully saturated rings. The van der Waals surface area contributed by atoms with Crippen LogP contribution in [0.4, 0.5) is 5.69 Å². The van der Waals surface area contributed by atoms with Gasteiger partial charge in [0.05, 0.1) is 28.2 Å². The third kappa shape index (κ3) is 4.19. The van der Waals surface area contributed by atoms with Gasteiger partial charge in [0, 0.05) is 18.8 Å². The molecular weight excluding hydrogens is 404 g/mol. The predicted molar refractivity (Wildman–Crippen MR) is 105 cm³/mol. The van der Waals surface area contributed by atoms with E-state index in [4.69, 9.17) is 11.6 Å². The number of benzene rings is 2. The third-order valence-corrected chi connectivity index (χ3v) is 6.67. The van der Waals surface area contributed by atoms with Crippen molar-refractivity contribution in [1.82, 2.24) is 4.31 Å². The Morgan fingerprint density at radius 3 is 2.32 bits per heavy atom. The normalized spacial score (nSPS) is 14.6. The number of carbonyl (C=O) groups excluding carboxylic acids is 2. The van der Waals surface area contributed by atoms with Crippen molar-refractivity contribution in [2.45, 2.75) is 17.7 Å². The molecule has 7 nitrogen and oxygen atoms in total. The van der Waals surface area contributed by atoms with Crippen molar-refractivity contribution >= 4 is 39.2 Å². The maximum atomic E-state index is 12.7. The molecule has 3 rings (SSSR count). The molecule has 9 heteroatoms. The van der Waals surface area contributed by atoms with E-state index >= 15 is 0 Å². The fraction of sp³-hybridized carbons (Fsp3) is 0.263. The SMILES string of the molecule is COC(=O)c1ccc(NC(=O)c2cc(S(=O)(=O)N3CCCC3)ccc2Cl)cc1. The number of halogens is 1. The van der Waals surface area contributed by atoms with Crippen LogP contribution in [0.1, 0.15) is 33.6 Å². The Bertz CT molecular complexity index is 999. The monoisotopic (exact) mass is 422 g/mol. The number of hydrogen-bond acceptors (Lipinski definition) is 5. The van der Waals surface area contributed by atoms with Gasteiger partial charge in [-0.1, -0.05) is 11.6 Å². The lowest BCUT2D eigenvalue weighted by molar-refractivity contribution is 0.0600. The number of amides is 1. The molecule has 1 aliphatic heterocycles. The average Bonchev–Trinajstić information content (AvgIpc) is 3.24. The number of ether oxygens (including phenoxy) is 1. The van der Waals surface area contributed by atoms with Gasteiger partial charge in [-0.3, -0.25) is 4.79 Å². The van der Waals surface area contributed by atoms with Gasteiger partial charge in [0.2, 0.25) is 10.0 Å². The Balaban J connectivity index is 1.82. The summed E-state index contributed by atoms with van der Waals surface area (Å²) in [5.74, 6) is -1.03. The Kier molecular flexibility index (Phi) is 6.02. The van der Waals surface area contributed by atoms with E-state index < -0.39 is 21.9 Å². The number of nitrogens with zero attached hydrogens (tertiary/aromatic N) is 1. The molecule has 28 heavy (non-hydrogen) atoms. The van der Waals surface area contributed by atoms with Crippen molar-refractivity contribution in [3.8, 4) is 0 Å². The van der Waals surface area contributed by atoms with E-state index in [9.17, 15) is 18.0 Å². The second-order valence-electron chi connectivity index (χ2n) is 6.28. The summed E-state index contributed by atoms with van der Waals surface area (Å²) in [7, 11) is -2.38. The Hall–Kier alpha value is -2.42. The molecule has 1 saturated heterocycles. The van der Waals surface area contributed by atoms with Crippen molar-refractivity contribution in [2.75, 3.05) is 25.5 Å². The van der Waals surface area contributed by atoms with E-state index in [1.165, 1.54) is 41.7 Å². The Labute approximate surface area is 168 Å². The molecule has 2 aromatic rings. The average molecular weight is 423 g/mol. The first-order valence-corrected chi connectivity index (χ1v) is 10.4. The Morgan fingerprint density at radius 2 is 1.71 bits per heavy atom. The zero-order valence-corrected chi connectivity index (χ0v) is 16.7. The number of methoxy groups -OCH3 is 1. The highest BCUT2D eigenvalue weighted by molar-refractivity contribution is 7.89. The summed E-state index contributed by atoms with van der Waals surface area (Å²) >= 11 is 6.12. The van der Waals surface area contributed by atoms with E-state index in [-0.39, 0.29) is 15.5 Å². The van der Waals surface area contributed by atoms with Crippen LogP contribution in [-0.4, -0.2) is 44.8 Å². The summed E-state index contributed by atoms with van der Waals surface area (Å²) in [6.07, 6.45) is 1.64. The molecule has 1 aliphatic rings. The molecule has 2 aromatic carbocycles. The largest absolute Gasteiger partial charge is 0.465 e. The number of rotatable bonds is 5. The van der Waals surface area contributed by atoms with Crippen LogP contribution < -0.4 is 5.32 Å². The number of esters is 1. The van der Waals surface area contributed by atoms with Crippen molar-refractivity contribution in [3.05, 3.63) is 58.6 Å². The minimum absolute atomic E-state index is 0.0324. The van der Waals surface area contributed by atoms with Crippen molar-refractivity contribution in [1.29, 1.82) is 0 Å². The lowest BCUT2D eigenvalue weighted by Crippen LogP contribution is -2.28. The summed E-state index contributed by atoms with van der Waals surface area (Å²) in [6.45, 7) is 0.943. The van der Waals surface area contributed by atoms with Gasteiger partial charge in [-0.25, -0.2) is 13.2 Å². The second kappa shape index (κ2) is 8.30. The van der Waals surface area contributed by atoms with Gasteiger partial charge in [-0.2, -0.15) is 4.31 Å². The highest BCUT2D eigenvalue weighted by Crippen LogP contribution is 2.26. The zero-order valence-electron chi connectivity index (χ0n) is 15.1. The number of hydrogen-bond donors (Lipinski definition) is 1. The van der Waals surface area contributed by atoms with E-state index in [1.807, 2.05) is 0 Å². The molecule has 0 aliphatic carbocycles. The molecule has 0 bridgehead atoms. The van der Waals surface area contributed by atoms with Crippen molar-refractivity contribution in [3.63, 3.8) is 0 Å². The minimum Gasteiger partial charge on any atom is -0.465 e. The van der Waals surface area contributed by atoms with Gasteiger partial charge in [-0.05, 0) is 55.3 Å². The number of anilines is 1. The van der Waals surface area contributed by atoms with Crippen LogP contribution in [0.25, 0.3) is 0 Å². The van der Waals surface area contributed by atoms with E-state index in [1.54, 1.807) is 12.1 Å². The smallest absolute Gasteiger partial charge is 0.337 e. The lowest BCUT2D eigenvalue weighted by Gasteiger charge is -2.16. The first-order chi connectivity index (χ1) is 13.3. The Morgan fingerprint density at radius 1 is 1.07 bits per heavy atom. The highest BCUT2D eigenvalue weighted by atomic mass is 35.5. The molecule has 0 atom stereocenters. The van der Waals surface area contributed by atoms with Crippen molar-refractivity contribution < 1.29 is 22.7 Å². The molecule has 1 heterocycles. The summed E-state index contributed by atoms with van der Waals surface area (Å²) in [5, 5.41) is 2.79. The van der Waals surface area contributed by atoms with Crippen molar-refractivity contribution in [2.24, 2.45) is 0 Å². The molecule has 0 radical (unpaired) electrons. The highest BCUT2D eigenvalue weighted by Gasteiger charge is 2.28. The molecular formula is C19H19ClN2O5S. The first-order valence-electron chi connectivity index (χ1n) is 8.62. The van der Waals surface area contributed by atoms with Crippen LogP contribution in [0, 0.1) is 0 Å². The molecule has 0 saturated carbocycles. The maximum Gasteiger partial charge on any atom is 0.337 e. The molecule has 148 valence electrons. The molecule has 0 spiro atoms. The summed E-state index contributed by atoms with van der Waals surface area (Å²) in [4.78, 5) is 24.1. The van der Waals surface area contributed by atoms with Crippen LogP contribution in [-0.2, 0) is 14.8 Å². The van der Waals surface area contributed by atoms with Gasteiger partial charge in [-0.15, -0.1) is 0 Å². The van der Waals surface area contributed by atoms with E-state index in [0.717, 1.165) is 12.8 Å². The zero-order chi connectivity index (χ0) is 20.3. The summed E-state index contributed by atoms with van der Waals surface area (Å²) in [6, 6.07) is 10.2. The summed E-state index contributed by atoms with van der Waals surface area (Å²) in [5.41, 5.74) is 0.831. The fourth-order valence-corrected chi connectivity index (χ4v) is 4.67. The van der Waals surface area contributed by atoms with E-state index in [0.29, 0.717) is 24.3 Å². The molecule has 0 unspecified atom stereocenters. The van der Waals surface area contributed by atoms with Gasteiger partial charge >= 0.3 is 5.97 Å². The number of sulfonamides is 1. The van der Waals surface area contributed by atoms with Crippen LogP contribution >= 0.6 is 11.6 Å². The lowest BCUT2D eigenvalue weighted by atomic mass is 10.2. The molecule has 1 N–H and O–H groups in total. The molecule has 0 aromatic heterocycles. The fourth-order valence-electron chi connectivity index (χ4n) is 2.92.